The van der Waals surface area contributed by atoms with Crippen molar-refractivity contribution in [1.82, 2.24) is 5.32 Å². The number of ether oxygens (including phenoxy) is 1. The van der Waals surface area contributed by atoms with Gasteiger partial charge in [0.25, 0.3) is 0 Å². The topological polar surface area (TPSA) is 21.3 Å². The van der Waals surface area contributed by atoms with Gasteiger partial charge in [-0.2, -0.15) is 0 Å². The van der Waals surface area contributed by atoms with Crippen molar-refractivity contribution < 1.29 is 4.74 Å². The summed E-state index contributed by atoms with van der Waals surface area (Å²) < 4.78 is 5.72. The Kier molecular flexibility index (Phi) is 8.19. The van der Waals surface area contributed by atoms with E-state index in [-0.39, 0.29) is 0 Å². The largest absolute Gasteiger partial charge is 0.376 e. The van der Waals surface area contributed by atoms with E-state index in [0.29, 0.717) is 6.61 Å². The number of nitrogens with one attached hydrogen (secondary N) is 1. The lowest BCUT2D eigenvalue weighted by atomic mass is 10.1. The van der Waals surface area contributed by atoms with Crippen LogP contribution in [0.15, 0.2) is 36.4 Å². The van der Waals surface area contributed by atoms with Gasteiger partial charge in [0.1, 0.15) is 0 Å². The maximum Gasteiger partial charge on any atom is 0.0719 e. The van der Waals surface area contributed by atoms with Crippen LogP contribution in [-0.4, -0.2) is 19.7 Å². The predicted molar refractivity (Wildman–Crippen MR) is 82.4 cm³/mol. The Bertz CT molecular complexity index is 373. The summed E-state index contributed by atoms with van der Waals surface area (Å²) in [4.78, 5) is 0. The summed E-state index contributed by atoms with van der Waals surface area (Å²) in [6.45, 7) is 11.7. The molecule has 0 amide bonds. The van der Waals surface area contributed by atoms with Crippen LogP contribution < -0.4 is 5.32 Å². The third kappa shape index (κ3) is 7.14. The Morgan fingerprint density at radius 3 is 2.63 bits per heavy atom. The summed E-state index contributed by atoms with van der Waals surface area (Å²) in [5.74, 6) is 0. The average molecular weight is 261 g/mol. The number of hydrogen-bond acceptors (Lipinski definition) is 2. The number of benzene rings is 1. The van der Waals surface area contributed by atoms with E-state index in [4.69, 9.17) is 4.74 Å². The molecule has 2 heteroatoms. The summed E-state index contributed by atoms with van der Waals surface area (Å²) in [7, 11) is 0. The van der Waals surface area contributed by atoms with Crippen LogP contribution in [0, 0.1) is 0 Å². The zero-order valence-electron chi connectivity index (χ0n) is 12.4. The van der Waals surface area contributed by atoms with Gasteiger partial charge >= 0.3 is 0 Å². The van der Waals surface area contributed by atoms with Crippen LogP contribution in [0.2, 0.25) is 0 Å². The fourth-order valence-electron chi connectivity index (χ4n) is 1.90. The lowest BCUT2D eigenvalue weighted by Gasteiger charge is -2.10. The van der Waals surface area contributed by atoms with Crippen LogP contribution in [0.4, 0.5) is 0 Å². The summed E-state index contributed by atoms with van der Waals surface area (Å²) in [5, 5.41) is 3.44. The molecular formula is C17H27NO. The van der Waals surface area contributed by atoms with Gasteiger partial charge in [0.2, 0.25) is 0 Å². The molecule has 0 atom stereocenters. The van der Waals surface area contributed by atoms with E-state index in [0.717, 1.165) is 32.5 Å². The Balaban J connectivity index is 2.37. The highest BCUT2D eigenvalue weighted by Crippen LogP contribution is 2.11. The minimum Gasteiger partial charge on any atom is -0.376 e. The molecule has 0 aromatic heterocycles. The van der Waals surface area contributed by atoms with Gasteiger partial charge < -0.3 is 10.1 Å². The van der Waals surface area contributed by atoms with Crippen LogP contribution in [0.1, 0.15) is 37.8 Å². The molecule has 0 fully saturated rings. The molecule has 1 N–H and O–H groups in total. The Labute approximate surface area is 117 Å². The molecule has 1 aromatic carbocycles. The van der Waals surface area contributed by atoms with E-state index in [1.807, 2.05) is 6.92 Å². The fourth-order valence-corrected chi connectivity index (χ4v) is 1.90. The van der Waals surface area contributed by atoms with Gasteiger partial charge in [0.05, 0.1) is 13.2 Å². The van der Waals surface area contributed by atoms with Crippen molar-refractivity contribution >= 4 is 0 Å². The SMILES string of the molecule is C=C(C)CCOCc1ccccc1CCNCCC. The van der Waals surface area contributed by atoms with Gasteiger partial charge in [0, 0.05) is 0 Å². The van der Waals surface area contributed by atoms with Crippen molar-refractivity contribution in [3.8, 4) is 0 Å². The Morgan fingerprint density at radius 2 is 1.95 bits per heavy atom. The van der Waals surface area contributed by atoms with Crippen LogP contribution in [0.25, 0.3) is 0 Å². The maximum absolute atomic E-state index is 5.72. The smallest absolute Gasteiger partial charge is 0.0719 e. The predicted octanol–water partition coefficient (Wildman–Crippen LogP) is 3.71. The average Bonchev–Trinajstić information content (AvgIpc) is 2.41. The first-order chi connectivity index (χ1) is 9.24. The minimum atomic E-state index is 0.706. The third-order valence-corrected chi connectivity index (χ3v) is 3.05. The quantitative estimate of drug-likeness (QED) is 0.512. The lowest BCUT2D eigenvalue weighted by molar-refractivity contribution is 0.123. The van der Waals surface area contributed by atoms with Crippen LogP contribution >= 0.6 is 0 Å². The van der Waals surface area contributed by atoms with Crippen LogP contribution in [0.5, 0.6) is 0 Å². The standard InChI is InChI=1S/C17H27NO/c1-4-11-18-12-9-16-7-5-6-8-17(16)14-19-13-10-15(2)3/h5-8,18H,2,4,9-14H2,1,3H3. The highest BCUT2D eigenvalue weighted by Gasteiger charge is 2.01. The van der Waals surface area contributed by atoms with Gasteiger partial charge in [-0.1, -0.05) is 36.8 Å². The normalized spacial score (nSPS) is 10.6. The number of rotatable bonds is 10. The maximum atomic E-state index is 5.72. The number of hydrogen-bond donors (Lipinski definition) is 1. The first-order valence-electron chi connectivity index (χ1n) is 7.23. The van der Waals surface area contributed by atoms with Crippen molar-refractivity contribution in [3.63, 3.8) is 0 Å². The molecule has 106 valence electrons. The summed E-state index contributed by atoms with van der Waals surface area (Å²) in [5.41, 5.74) is 3.88. The molecule has 0 aliphatic heterocycles. The van der Waals surface area contributed by atoms with E-state index >= 15 is 0 Å². The van der Waals surface area contributed by atoms with Gasteiger partial charge in [0.15, 0.2) is 0 Å². The highest BCUT2D eigenvalue weighted by atomic mass is 16.5. The Morgan fingerprint density at radius 1 is 1.21 bits per heavy atom. The molecule has 0 unspecified atom stereocenters. The summed E-state index contributed by atoms with van der Waals surface area (Å²) >= 11 is 0. The molecule has 0 bridgehead atoms. The van der Waals surface area contributed by atoms with E-state index in [9.17, 15) is 0 Å². The van der Waals surface area contributed by atoms with Crippen molar-refractivity contribution in [2.45, 2.75) is 39.7 Å². The lowest BCUT2D eigenvalue weighted by Crippen LogP contribution is -2.18. The summed E-state index contributed by atoms with van der Waals surface area (Å²) in [6.07, 6.45) is 3.20. The minimum absolute atomic E-state index is 0.706. The molecule has 1 aromatic rings. The van der Waals surface area contributed by atoms with Gasteiger partial charge in [-0.15, -0.1) is 6.58 Å². The van der Waals surface area contributed by atoms with E-state index in [1.165, 1.54) is 23.1 Å². The summed E-state index contributed by atoms with van der Waals surface area (Å²) in [6, 6.07) is 8.55. The molecule has 0 radical (unpaired) electrons. The highest BCUT2D eigenvalue weighted by molar-refractivity contribution is 5.26. The zero-order chi connectivity index (χ0) is 13.9. The van der Waals surface area contributed by atoms with Gasteiger partial charge in [-0.25, -0.2) is 0 Å². The van der Waals surface area contributed by atoms with Crippen molar-refractivity contribution in [3.05, 3.63) is 47.5 Å². The molecule has 0 aliphatic rings. The van der Waals surface area contributed by atoms with Crippen molar-refractivity contribution in [1.29, 1.82) is 0 Å². The molecule has 1 rings (SSSR count). The van der Waals surface area contributed by atoms with Crippen molar-refractivity contribution in [2.75, 3.05) is 19.7 Å². The van der Waals surface area contributed by atoms with Gasteiger partial charge in [-0.3, -0.25) is 0 Å². The van der Waals surface area contributed by atoms with E-state index < -0.39 is 0 Å². The van der Waals surface area contributed by atoms with Gasteiger partial charge in [-0.05, 0) is 50.4 Å². The molecule has 0 saturated heterocycles. The van der Waals surface area contributed by atoms with Crippen LogP contribution in [-0.2, 0) is 17.8 Å². The molecular weight excluding hydrogens is 234 g/mol. The first kappa shape index (κ1) is 15.9. The monoisotopic (exact) mass is 261 g/mol. The van der Waals surface area contributed by atoms with E-state index in [1.54, 1.807) is 0 Å². The second-order valence-corrected chi connectivity index (χ2v) is 5.03. The molecule has 0 saturated carbocycles. The third-order valence-electron chi connectivity index (χ3n) is 3.05. The molecule has 0 spiro atoms. The molecule has 19 heavy (non-hydrogen) atoms. The van der Waals surface area contributed by atoms with Crippen molar-refractivity contribution in [2.24, 2.45) is 0 Å². The van der Waals surface area contributed by atoms with E-state index in [2.05, 4.69) is 43.1 Å². The molecule has 0 aliphatic carbocycles. The molecule has 2 nitrogen and oxygen atoms in total. The van der Waals surface area contributed by atoms with Crippen LogP contribution in [0.3, 0.4) is 0 Å². The Hall–Kier alpha value is -1.12. The molecule has 0 heterocycles. The first-order valence-corrected chi connectivity index (χ1v) is 7.23. The zero-order valence-corrected chi connectivity index (χ0v) is 12.4. The second-order valence-electron chi connectivity index (χ2n) is 5.03. The second kappa shape index (κ2) is 9.76. The fraction of sp³-hybridized carbons (Fsp3) is 0.529.